The first-order chi connectivity index (χ1) is 14.0. The molecule has 1 aromatic heterocycles. The highest BCUT2D eigenvalue weighted by atomic mass is 16.4. The summed E-state index contributed by atoms with van der Waals surface area (Å²) in [6.07, 6.45) is 5.04. The Balaban J connectivity index is 1.39. The van der Waals surface area contributed by atoms with Gasteiger partial charge in [-0.25, -0.2) is 4.98 Å². The molecule has 1 aromatic rings. The van der Waals surface area contributed by atoms with Gasteiger partial charge < -0.3 is 14.6 Å². The zero-order valence-corrected chi connectivity index (χ0v) is 19.1. The fraction of sp³-hybridized carbons (Fsp3) is 0.818. The highest BCUT2D eigenvalue weighted by molar-refractivity contribution is 5.79. The van der Waals surface area contributed by atoms with E-state index >= 15 is 0 Å². The quantitative estimate of drug-likeness (QED) is 0.557. The number of oxazole rings is 1. The van der Waals surface area contributed by atoms with Gasteiger partial charge in [0.25, 0.3) is 0 Å². The lowest BCUT2D eigenvalue weighted by Crippen LogP contribution is -2.47. The Morgan fingerprint density at radius 1 is 1.24 bits per heavy atom. The van der Waals surface area contributed by atoms with Crippen LogP contribution in [0.15, 0.2) is 9.41 Å². The summed E-state index contributed by atoms with van der Waals surface area (Å²) in [5.74, 6) is 3.52. The van der Waals surface area contributed by atoms with E-state index in [2.05, 4.69) is 44.0 Å². The molecule has 1 unspecified atom stereocenters. The number of aliphatic imine (C=N–C) groups is 1. The molecular weight excluding hydrogens is 364 g/mol. The smallest absolute Gasteiger partial charge is 0.208 e. The van der Waals surface area contributed by atoms with E-state index in [4.69, 9.17) is 4.42 Å². The zero-order valence-electron chi connectivity index (χ0n) is 19.1. The van der Waals surface area contributed by atoms with E-state index in [1.165, 1.54) is 32.2 Å². The first-order valence-corrected chi connectivity index (χ1v) is 11.3. The van der Waals surface area contributed by atoms with Crippen molar-refractivity contribution in [3.05, 3.63) is 17.3 Å². The molecule has 2 aliphatic heterocycles. The maximum Gasteiger partial charge on any atom is 0.208 e. The molecule has 2 aliphatic rings. The minimum atomic E-state index is 0.661. The fourth-order valence-electron chi connectivity index (χ4n) is 4.69. The van der Waals surface area contributed by atoms with Crippen LogP contribution in [0.1, 0.15) is 50.0 Å². The lowest BCUT2D eigenvalue weighted by Gasteiger charge is -2.33. The van der Waals surface area contributed by atoms with Crippen LogP contribution < -0.4 is 5.32 Å². The molecule has 164 valence electrons. The maximum atomic E-state index is 5.74. The summed E-state index contributed by atoms with van der Waals surface area (Å²) in [5.41, 5.74) is 1.01. The van der Waals surface area contributed by atoms with Gasteiger partial charge >= 0.3 is 0 Å². The third-order valence-electron chi connectivity index (χ3n) is 6.65. The van der Waals surface area contributed by atoms with Gasteiger partial charge in [0.2, 0.25) is 5.89 Å². The molecule has 0 spiro atoms. The van der Waals surface area contributed by atoms with Crippen molar-refractivity contribution in [2.45, 2.75) is 59.0 Å². The van der Waals surface area contributed by atoms with Crippen molar-refractivity contribution in [2.75, 3.05) is 53.4 Å². The third-order valence-corrected chi connectivity index (χ3v) is 6.65. The Morgan fingerprint density at radius 3 is 2.62 bits per heavy atom. The second-order valence-electron chi connectivity index (χ2n) is 8.70. The van der Waals surface area contributed by atoms with Crippen LogP contribution in [0, 0.1) is 19.8 Å². The highest BCUT2D eigenvalue weighted by Gasteiger charge is 2.26. The number of aryl methyl sites for hydroxylation is 2. The summed E-state index contributed by atoms with van der Waals surface area (Å²) in [6, 6.07) is 0.661. The molecule has 0 aliphatic carbocycles. The van der Waals surface area contributed by atoms with Crippen LogP contribution >= 0.6 is 0 Å². The summed E-state index contributed by atoms with van der Waals surface area (Å²) in [7, 11) is 4.07. The van der Waals surface area contributed by atoms with Crippen LogP contribution in [-0.4, -0.2) is 85.0 Å². The van der Waals surface area contributed by atoms with E-state index in [0.717, 1.165) is 62.6 Å². The molecule has 0 bridgehead atoms. The van der Waals surface area contributed by atoms with E-state index in [9.17, 15) is 0 Å². The summed E-state index contributed by atoms with van der Waals surface area (Å²) in [4.78, 5) is 16.4. The van der Waals surface area contributed by atoms with Crippen molar-refractivity contribution in [3.63, 3.8) is 0 Å². The average Bonchev–Trinajstić information content (AvgIpc) is 3.29. The average molecular weight is 405 g/mol. The number of piperidine rings is 1. The number of guanidine groups is 1. The van der Waals surface area contributed by atoms with Crippen molar-refractivity contribution in [2.24, 2.45) is 10.9 Å². The first-order valence-electron chi connectivity index (χ1n) is 11.3. The number of likely N-dealkylation sites (N-methyl/N-ethyl adjacent to an activating group) is 2. The molecule has 3 rings (SSSR count). The molecule has 0 amide bonds. The normalized spacial score (nSPS) is 22.4. The number of hydrogen-bond acceptors (Lipinski definition) is 5. The number of nitrogens with one attached hydrogen (secondary N) is 1. The molecule has 7 heteroatoms. The summed E-state index contributed by atoms with van der Waals surface area (Å²) >= 11 is 0. The molecule has 2 fully saturated rings. The van der Waals surface area contributed by atoms with Crippen LogP contribution in [0.2, 0.25) is 0 Å². The maximum absolute atomic E-state index is 5.74. The van der Waals surface area contributed by atoms with Gasteiger partial charge in [-0.15, -0.1) is 0 Å². The Morgan fingerprint density at radius 2 is 2.00 bits per heavy atom. The Hall–Kier alpha value is -1.60. The monoisotopic (exact) mass is 404 g/mol. The minimum Gasteiger partial charge on any atom is -0.444 e. The molecular formula is C22H40N6O. The van der Waals surface area contributed by atoms with Gasteiger partial charge in [0, 0.05) is 33.2 Å². The van der Waals surface area contributed by atoms with E-state index in [1.54, 1.807) is 0 Å². The van der Waals surface area contributed by atoms with Crippen molar-refractivity contribution in [1.82, 2.24) is 25.0 Å². The van der Waals surface area contributed by atoms with Gasteiger partial charge in [0.05, 0.1) is 12.2 Å². The lowest BCUT2D eigenvalue weighted by molar-refractivity contribution is 0.163. The topological polar surface area (TPSA) is 60.1 Å². The van der Waals surface area contributed by atoms with E-state index in [1.807, 2.05) is 20.9 Å². The fourth-order valence-corrected chi connectivity index (χ4v) is 4.69. The predicted molar refractivity (Wildman–Crippen MR) is 118 cm³/mol. The number of likely N-dealkylation sites (tertiary alicyclic amines) is 2. The van der Waals surface area contributed by atoms with Gasteiger partial charge in [0.15, 0.2) is 5.96 Å². The van der Waals surface area contributed by atoms with Crippen LogP contribution in [-0.2, 0) is 6.54 Å². The summed E-state index contributed by atoms with van der Waals surface area (Å²) < 4.78 is 5.74. The van der Waals surface area contributed by atoms with Crippen molar-refractivity contribution >= 4 is 5.96 Å². The number of aromatic nitrogens is 1. The van der Waals surface area contributed by atoms with Gasteiger partial charge in [-0.1, -0.05) is 6.92 Å². The van der Waals surface area contributed by atoms with Crippen molar-refractivity contribution in [3.8, 4) is 0 Å². The Bertz CT molecular complexity index is 645. The highest BCUT2D eigenvalue weighted by Crippen LogP contribution is 2.20. The van der Waals surface area contributed by atoms with Crippen molar-refractivity contribution < 1.29 is 4.42 Å². The van der Waals surface area contributed by atoms with Gasteiger partial charge in [-0.05, 0) is 71.6 Å². The number of hydrogen-bond donors (Lipinski definition) is 1. The number of rotatable bonds is 7. The molecule has 2 saturated heterocycles. The van der Waals surface area contributed by atoms with E-state index in [-0.39, 0.29) is 0 Å². The first kappa shape index (κ1) is 22.1. The number of nitrogens with zero attached hydrogens (tertiary/aromatic N) is 5. The summed E-state index contributed by atoms with van der Waals surface area (Å²) in [5, 5.41) is 3.63. The van der Waals surface area contributed by atoms with E-state index < -0.39 is 0 Å². The Kier molecular flexibility index (Phi) is 7.95. The third kappa shape index (κ3) is 5.95. The molecule has 7 nitrogen and oxygen atoms in total. The van der Waals surface area contributed by atoms with Crippen molar-refractivity contribution in [1.29, 1.82) is 0 Å². The predicted octanol–water partition coefficient (Wildman–Crippen LogP) is 2.49. The molecule has 0 saturated carbocycles. The lowest BCUT2D eigenvalue weighted by atomic mass is 9.97. The second-order valence-corrected chi connectivity index (χ2v) is 8.70. The van der Waals surface area contributed by atoms with Crippen LogP contribution in [0.5, 0.6) is 0 Å². The van der Waals surface area contributed by atoms with Crippen LogP contribution in [0.4, 0.5) is 0 Å². The molecule has 29 heavy (non-hydrogen) atoms. The standard InChI is InChI=1S/C22H40N6O/c1-6-28-11-7-8-20(28)15-26(5)22(23-4)24-14-19-9-12-27(13-10-19)16-21-25-17(2)18(3)29-21/h19-20H,6-16H2,1-5H3,(H,23,24). The summed E-state index contributed by atoms with van der Waals surface area (Å²) in [6.45, 7) is 13.8. The molecule has 1 atom stereocenters. The van der Waals surface area contributed by atoms with Crippen LogP contribution in [0.25, 0.3) is 0 Å². The van der Waals surface area contributed by atoms with Gasteiger partial charge in [-0.2, -0.15) is 0 Å². The second kappa shape index (κ2) is 10.4. The zero-order chi connectivity index (χ0) is 20.8. The largest absolute Gasteiger partial charge is 0.444 e. The van der Waals surface area contributed by atoms with E-state index in [0.29, 0.717) is 12.0 Å². The SMILES string of the molecule is CCN1CCCC1CN(C)C(=NC)NCC1CCN(Cc2nc(C)c(C)o2)CC1. The molecule has 0 aromatic carbocycles. The van der Waals surface area contributed by atoms with Gasteiger partial charge in [0.1, 0.15) is 5.76 Å². The Labute approximate surface area is 176 Å². The van der Waals surface area contributed by atoms with Crippen LogP contribution in [0.3, 0.4) is 0 Å². The molecule has 1 N–H and O–H groups in total. The minimum absolute atomic E-state index is 0.661. The molecule has 3 heterocycles. The van der Waals surface area contributed by atoms with Gasteiger partial charge in [-0.3, -0.25) is 14.8 Å². The molecule has 0 radical (unpaired) electrons.